The highest BCUT2D eigenvalue weighted by Crippen LogP contribution is 2.26. The zero-order valence-electron chi connectivity index (χ0n) is 10.8. The van der Waals surface area contributed by atoms with Gasteiger partial charge in [-0.1, -0.05) is 27.7 Å². The molecular weight excluding hydrogens is 202 g/mol. The lowest BCUT2D eigenvalue weighted by atomic mass is 9.82. The van der Waals surface area contributed by atoms with Gasteiger partial charge in [0, 0.05) is 13.0 Å². The average molecular weight is 225 g/mol. The summed E-state index contributed by atoms with van der Waals surface area (Å²) in [7, 11) is 0. The van der Waals surface area contributed by atoms with Crippen molar-refractivity contribution in [3.8, 4) is 0 Å². The lowest BCUT2D eigenvalue weighted by Crippen LogP contribution is -2.31. The highest BCUT2D eigenvalue weighted by atomic mass is 16.3. The summed E-state index contributed by atoms with van der Waals surface area (Å²) in [5.74, 6) is 0.885. The van der Waals surface area contributed by atoms with Crippen LogP contribution in [0.2, 0.25) is 0 Å². The summed E-state index contributed by atoms with van der Waals surface area (Å²) in [5, 5.41) is 14.3. The van der Waals surface area contributed by atoms with Crippen LogP contribution in [0.4, 0.5) is 0 Å². The van der Waals surface area contributed by atoms with Crippen LogP contribution in [0.1, 0.15) is 46.4 Å². The second-order valence-corrected chi connectivity index (χ2v) is 4.96. The summed E-state index contributed by atoms with van der Waals surface area (Å²) in [5.41, 5.74) is -0.0665. The fourth-order valence-electron chi connectivity index (χ4n) is 1.53. The summed E-state index contributed by atoms with van der Waals surface area (Å²) in [6.45, 7) is 9.24. The molecule has 0 amide bonds. The van der Waals surface area contributed by atoms with Crippen LogP contribution in [-0.2, 0) is 13.0 Å². The van der Waals surface area contributed by atoms with Crippen molar-refractivity contribution >= 4 is 0 Å². The van der Waals surface area contributed by atoms with Gasteiger partial charge in [-0.05, 0) is 18.3 Å². The maximum atomic E-state index is 10.2. The van der Waals surface area contributed by atoms with Crippen LogP contribution < -0.4 is 0 Å². The summed E-state index contributed by atoms with van der Waals surface area (Å²) in [6, 6.07) is 0. The van der Waals surface area contributed by atoms with Gasteiger partial charge in [0.15, 0.2) is 0 Å². The quantitative estimate of drug-likeness (QED) is 0.806. The molecule has 1 aromatic rings. The molecule has 92 valence electrons. The van der Waals surface area contributed by atoms with Crippen molar-refractivity contribution in [3.63, 3.8) is 0 Å². The lowest BCUT2D eigenvalue weighted by Gasteiger charge is -2.28. The van der Waals surface area contributed by atoms with Gasteiger partial charge in [-0.3, -0.25) is 4.68 Å². The predicted octanol–water partition coefficient (Wildman–Crippen LogP) is 2.03. The third-order valence-electron chi connectivity index (χ3n) is 3.32. The van der Waals surface area contributed by atoms with E-state index >= 15 is 0 Å². The first kappa shape index (κ1) is 13.2. The fourth-order valence-corrected chi connectivity index (χ4v) is 1.53. The molecule has 0 saturated heterocycles. The molecule has 1 atom stereocenters. The smallest absolute Gasteiger partial charge is 0.138 e. The molecule has 0 aliphatic heterocycles. The first-order valence-electron chi connectivity index (χ1n) is 6.06. The first-order chi connectivity index (χ1) is 7.51. The summed E-state index contributed by atoms with van der Waals surface area (Å²) in [4.78, 5) is 4.21. The normalized spacial score (nSPS) is 14.1. The van der Waals surface area contributed by atoms with Crippen molar-refractivity contribution in [1.29, 1.82) is 0 Å². The van der Waals surface area contributed by atoms with E-state index < -0.39 is 0 Å². The van der Waals surface area contributed by atoms with Gasteiger partial charge in [0.1, 0.15) is 12.2 Å². The molecule has 1 aromatic heterocycles. The molecule has 1 rings (SSSR count). The summed E-state index contributed by atoms with van der Waals surface area (Å²) >= 11 is 0. The van der Waals surface area contributed by atoms with E-state index in [2.05, 4.69) is 37.8 Å². The Bertz CT molecular complexity index is 320. The molecule has 0 radical (unpaired) electrons. The minimum Gasteiger partial charge on any atom is -0.392 e. The number of hydrogen-bond acceptors (Lipinski definition) is 3. The van der Waals surface area contributed by atoms with Crippen molar-refractivity contribution in [1.82, 2.24) is 14.8 Å². The maximum Gasteiger partial charge on any atom is 0.138 e. The van der Waals surface area contributed by atoms with Gasteiger partial charge in [-0.15, -0.1) is 0 Å². The van der Waals surface area contributed by atoms with E-state index in [0.29, 0.717) is 6.42 Å². The molecule has 0 aliphatic carbocycles. The lowest BCUT2D eigenvalue weighted by molar-refractivity contribution is 0.0454. The first-order valence-corrected chi connectivity index (χ1v) is 6.06. The molecule has 4 nitrogen and oxygen atoms in total. The van der Waals surface area contributed by atoms with Gasteiger partial charge >= 0.3 is 0 Å². The van der Waals surface area contributed by atoms with Gasteiger partial charge in [-0.2, -0.15) is 5.10 Å². The highest BCUT2D eigenvalue weighted by Gasteiger charge is 2.27. The molecule has 0 saturated carbocycles. The number of nitrogens with zero attached hydrogens (tertiary/aromatic N) is 3. The van der Waals surface area contributed by atoms with E-state index in [0.717, 1.165) is 25.2 Å². The third-order valence-corrected chi connectivity index (χ3v) is 3.32. The van der Waals surface area contributed by atoms with E-state index in [1.165, 1.54) is 0 Å². The van der Waals surface area contributed by atoms with Gasteiger partial charge in [0.25, 0.3) is 0 Å². The van der Waals surface area contributed by atoms with Crippen LogP contribution in [0.25, 0.3) is 0 Å². The van der Waals surface area contributed by atoms with Crippen LogP contribution >= 0.6 is 0 Å². The van der Waals surface area contributed by atoms with Gasteiger partial charge in [0.05, 0.1) is 6.10 Å². The number of aromatic nitrogens is 3. The Labute approximate surface area is 97.7 Å². The van der Waals surface area contributed by atoms with Crippen molar-refractivity contribution in [2.75, 3.05) is 0 Å². The van der Waals surface area contributed by atoms with E-state index in [9.17, 15) is 5.11 Å². The van der Waals surface area contributed by atoms with E-state index in [-0.39, 0.29) is 11.5 Å². The van der Waals surface area contributed by atoms with E-state index in [1.807, 2.05) is 4.68 Å². The molecule has 0 fully saturated rings. The van der Waals surface area contributed by atoms with Crippen LogP contribution in [0.15, 0.2) is 6.33 Å². The topological polar surface area (TPSA) is 50.9 Å². The number of aryl methyl sites for hydroxylation is 1. The average Bonchev–Trinajstić information content (AvgIpc) is 2.66. The number of hydrogen-bond donors (Lipinski definition) is 1. The zero-order chi connectivity index (χ0) is 12.2. The second kappa shape index (κ2) is 5.43. The van der Waals surface area contributed by atoms with Crippen LogP contribution in [-0.4, -0.2) is 26.0 Å². The van der Waals surface area contributed by atoms with Crippen molar-refractivity contribution in [2.45, 2.75) is 59.6 Å². The zero-order valence-corrected chi connectivity index (χ0v) is 10.8. The van der Waals surface area contributed by atoms with Crippen molar-refractivity contribution < 1.29 is 5.11 Å². The Hall–Kier alpha value is -0.900. The summed E-state index contributed by atoms with van der Waals surface area (Å²) in [6.07, 6.45) is 3.77. The number of aliphatic hydroxyl groups is 1. The molecule has 0 bridgehead atoms. The molecule has 0 aliphatic rings. The van der Waals surface area contributed by atoms with Gasteiger partial charge < -0.3 is 5.11 Å². The van der Waals surface area contributed by atoms with E-state index in [1.54, 1.807) is 6.33 Å². The Kier molecular flexibility index (Phi) is 4.47. The molecule has 1 heterocycles. The standard InChI is InChI=1S/C12H23N3O/c1-5-7-15-11(13-9-14-15)8-10(16)12(3,4)6-2/h9-10,16H,5-8H2,1-4H3. The van der Waals surface area contributed by atoms with Crippen molar-refractivity contribution in [3.05, 3.63) is 12.2 Å². The summed E-state index contributed by atoms with van der Waals surface area (Å²) < 4.78 is 1.88. The largest absolute Gasteiger partial charge is 0.392 e. The molecule has 0 aromatic carbocycles. The second-order valence-electron chi connectivity index (χ2n) is 4.96. The Morgan fingerprint density at radius 2 is 2.12 bits per heavy atom. The maximum absolute atomic E-state index is 10.2. The van der Waals surface area contributed by atoms with Crippen LogP contribution in [0.5, 0.6) is 0 Å². The molecule has 16 heavy (non-hydrogen) atoms. The molecule has 1 unspecified atom stereocenters. The Morgan fingerprint density at radius 1 is 1.44 bits per heavy atom. The third kappa shape index (κ3) is 3.04. The Balaban J connectivity index is 2.69. The highest BCUT2D eigenvalue weighted by molar-refractivity contribution is 4.91. The van der Waals surface area contributed by atoms with Gasteiger partial charge in [-0.25, -0.2) is 4.98 Å². The van der Waals surface area contributed by atoms with Crippen LogP contribution in [0.3, 0.4) is 0 Å². The fraction of sp³-hybridized carbons (Fsp3) is 0.833. The monoisotopic (exact) mass is 225 g/mol. The molecule has 4 heteroatoms. The Morgan fingerprint density at radius 3 is 2.69 bits per heavy atom. The van der Waals surface area contributed by atoms with Crippen LogP contribution in [0, 0.1) is 5.41 Å². The SMILES string of the molecule is CCCn1ncnc1CC(O)C(C)(C)CC. The van der Waals surface area contributed by atoms with Gasteiger partial charge in [0.2, 0.25) is 0 Å². The van der Waals surface area contributed by atoms with Crippen molar-refractivity contribution in [2.24, 2.45) is 5.41 Å². The minimum absolute atomic E-state index is 0.0665. The molecular formula is C12H23N3O. The number of aliphatic hydroxyl groups excluding tert-OH is 1. The minimum atomic E-state index is -0.364. The number of rotatable bonds is 6. The molecule has 1 N–H and O–H groups in total. The predicted molar refractivity (Wildman–Crippen MR) is 64.1 cm³/mol. The molecule has 0 spiro atoms. The van der Waals surface area contributed by atoms with E-state index in [4.69, 9.17) is 0 Å².